The lowest BCUT2D eigenvalue weighted by Crippen LogP contribution is -2.41. The van der Waals surface area contributed by atoms with Gasteiger partial charge in [0.05, 0.1) is 11.2 Å². The highest BCUT2D eigenvalue weighted by Crippen LogP contribution is 2.36. The van der Waals surface area contributed by atoms with Crippen LogP contribution >= 0.6 is 0 Å². The third-order valence-electron chi connectivity index (χ3n) is 4.10. The van der Waals surface area contributed by atoms with Crippen molar-refractivity contribution in [2.45, 2.75) is 57.8 Å². The molecule has 1 aliphatic carbocycles. The highest BCUT2D eigenvalue weighted by Gasteiger charge is 2.51. The van der Waals surface area contributed by atoms with Gasteiger partial charge in [-0.3, -0.25) is 0 Å². The molecular weight excluding hydrogens is 241 g/mol. The number of aromatic nitrogens is 1. The molecule has 2 heterocycles. The zero-order valence-corrected chi connectivity index (χ0v) is 12.0. The SMILES string of the molecule is CC1(C)OB(c2ccc(OC3CC3)nc2)OC1(C)C. The summed E-state index contributed by atoms with van der Waals surface area (Å²) in [6.45, 7) is 8.19. The van der Waals surface area contributed by atoms with Crippen LogP contribution in [0.25, 0.3) is 0 Å². The minimum Gasteiger partial charge on any atom is -0.474 e. The molecule has 0 N–H and O–H groups in total. The highest BCUT2D eigenvalue weighted by molar-refractivity contribution is 6.62. The van der Waals surface area contributed by atoms with Gasteiger partial charge in [-0.15, -0.1) is 0 Å². The normalized spacial score (nSPS) is 24.5. The van der Waals surface area contributed by atoms with Crippen molar-refractivity contribution in [1.82, 2.24) is 4.98 Å². The summed E-state index contributed by atoms with van der Waals surface area (Å²) in [7, 11) is -0.354. The van der Waals surface area contributed by atoms with Crippen LogP contribution in [0, 0.1) is 0 Å². The smallest absolute Gasteiger partial charge is 0.474 e. The van der Waals surface area contributed by atoms with Gasteiger partial charge < -0.3 is 14.0 Å². The highest BCUT2D eigenvalue weighted by atomic mass is 16.7. The molecule has 0 bridgehead atoms. The number of ether oxygens (including phenoxy) is 1. The van der Waals surface area contributed by atoms with Crippen LogP contribution in [0.3, 0.4) is 0 Å². The Morgan fingerprint density at radius 2 is 1.79 bits per heavy atom. The fourth-order valence-electron chi connectivity index (χ4n) is 1.94. The van der Waals surface area contributed by atoms with Gasteiger partial charge in [-0.2, -0.15) is 0 Å². The number of pyridine rings is 1. The molecule has 3 rings (SSSR count). The van der Waals surface area contributed by atoms with E-state index in [9.17, 15) is 0 Å². The van der Waals surface area contributed by atoms with E-state index >= 15 is 0 Å². The van der Waals surface area contributed by atoms with E-state index in [1.807, 2.05) is 39.8 Å². The first-order valence-corrected chi connectivity index (χ1v) is 6.86. The molecule has 5 heteroatoms. The fourth-order valence-corrected chi connectivity index (χ4v) is 1.94. The van der Waals surface area contributed by atoms with Crippen LogP contribution in [0.1, 0.15) is 40.5 Å². The third-order valence-corrected chi connectivity index (χ3v) is 4.10. The predicted molar refractivity (Wildman–Crippen MR) is 73.6 cm³/mol. The molecule has 102 valence electrons. The molecule has 2 aliphatic rings. The largest absolute Gasteiger partial charge is 0.496 e. The van der Waals surface area contributed by atoms with E-state index in [-0.39, 0.29) is 18.3 Å². The molecule has 1 saturated carbocycles. The molecule has 1 aromatic rings. The number of rotatable bonds is 3. The number of hydrogen-bond donors (Lipinski definition) is 0. The maximum atomic E-state index is 5.98. The Morgan fingerprint density at radius 1 is 1.16 bits per heavy atom. The maximum Gasteiger partial charge on any atom is 0.496 e. The second kappa shape index (κ2) is 4.22. The molecule has 1 aliphatic heterocycles. The quantitative estimate of drug-likeness (QED) is 0.779. The molecule has 19 heavy (non-hydrogen) atoms. The van der Waals surface area contributed by atoms with Gasteiger partial charge in [0.15, 0.2) is 0 Å². The van der Waals surface area contributed by atoms with Crippen molar-refractivity contribution in [1.29, 1.82) is 0 Å². The first-order chi connectivity index (χ1) is 8.87. The lowest BCUT2D eigenvalue weighted by Gasteiger charge is -2.32. The van der Waals surface area contributed by atoms with Crippen LogP contribution in [0.4, 0.5) is 0 Å². The van der Waals surface area contributed by atoms with Crippen molar-refractivity contribution in [3.63, 3.8) is 0 Å². The Morgan fingerprint density at radius 3 is 2.26 bits per heavy atom. The topological polar surface area (TPSA) is 40.6 Å². The number of nitrogens with zero attached hydrogens (tertiary/aromatic N) is 1. The summed E-state index contributed by atoms with van der Waals surface area (Å²) in [5.41, 5.74) is 0.295. The van der Waals surface area contributed by atoms with Gasteiger partial charge in [-0.25, -0.2) is 4.98 Å². The number of hydrogen-bond acceptors (Lipinski definition) is 4. The Labute approximate surface area is 114 Å². The Hall–Kier alpha value is -1.07. The zero-order valence-electron chi connectivity index (χ0n) is 12.0. The molecule has 1 saturated heterocycles. The first-order valence-electron chi connectivity index (χ1n) is 6.86. The van der Waals surface area contributed by atoms with Crippen molar-refractivity contribution in [3.05, 3.63) is 18.3 Å². The van der Waals surface area contributed by atoms with Gasteiger partial charge in [-0.05, 0) is 46.6 Å². The minimum absolute atomic E-state index is 0.319. The van der Waals surface area contributed by atoms with Gasteiger partial charge in [0.1, 0.15) is 6.10 Å². The average Bonchev–Trinajstić information content (AvgIpc) is 3.08. The summed E-state index contributed by atoms with van der Waals surface area (Å²) in [5.74, 6) is 0.683. The van der Waals surface area contributed by atoms with Crippen molar-refractivity contribution in [2.75, 3.05) is 0 Å². The van der Waals surface area contributed by atoms with Gasteiger partial charge >= 0.3 is 7.12 Å². The summed E-state index contributed by atoms with van der Waals surface area (Å²) >= 11 is 0. The van der Waals surface area contributed by atoms with E-state index in [1.165, 1.54) is 0 Å². The molecule has 4 nitrogen and oxygen atoms in total. The van der Waals surface area contributed by atoms with Gasteiger partial charge in [0, 0.05) is 11.7 Å². The molecule has 0 atom stereocenters. The van der Waals surface area contributed by atoms with Crippen LogP contribution in [0.2, 0.25) is 0 Å². The maximum absolute atomic E-state index is 5.98. The molecule has 0 amide bonds. The zero-order chi connectivity index (χ0) is 13.7. The summed E-state index contributed by atoms with van der Waals surface area (Å²) in [6.07, 6.45) is 4.43. The van der Waals surface area contributed by atoms with Crippen LogP contribution in [0.15, 0.2) is 18.3 Å². The Balaban J connectivity index is 1.72. The molecule has 0 aromatic carbocycles. The lowest BCUT2D eigenvalue weighted by molar-refractivity contribution is 0.00578. The van der Waals surface area contributed by atoms with E-state index in [2.05, 4.69) is 4.98 Å². The van der Waals surface area contributed by atoms with Crippen LogP contribution in [-0.2, 0) is 9.31 Å². The van der Waals surface area contributed by atoms with Gasteiger partial charge in [-0.1, -0.05) is 6.07 Å². The van der Waals surface area contributed by atoms with E-state index in [0.29, 0.717) is 12.0 Å². The summed E-state index contributed by atoms with van der Waals surface area (Å²) in [4.78, 5) is 4.32. The van der Waals surface area contributed by atoms with E-state index in [0.717, 1.165) is 18.3 Å². The fraction of sp³-hybridized carbons (Fsp3) is 0.643. The molecule has 0 spiro atoms. The van der Waals surface area contributed by atoms with Crippen molar-refractivity contribution < 1.29 is 14.0 Å². The van der Waals surface area contributed by atoms with E-state index in [4.69, 9.17) is 14.0 Å². The molecular formula is C14H20BNO3. The predicted octanol–water partition coefficient (Wildman–Crippen LogP) is 1.92. The van der Waals surface area contributed by atoms with Crippen molar-refractivity contribution in [3.8, 4) is 5.88 Å². The Kier molecular flexibility index (Phi) is 2.87. The monoisotopic (exact) mass is 261 g/mol. The van der Waals surface area contributed by atoms with Gasteiger partial charge in [0.25, 0.3) is 0 Å². The lowest BCUT2D eigenvalue weighted by atomic mass is 9.80. The van der Waals surface area contributed by atoms with E-state index < -0.39 is 0 Å². The van der Waals surface area contributed by atoms with Crippen molar-refractivity contribution >= 4 is 12.6 Å². The third kappa shape index (κ3) is 2.49. The van der Waals surface area contributed by atoms with Crippen LogP contribution in [0.5, 0.6) is 5.88 Å². The Bertz CT molecular complexity index is 452. The average molecular weight is 261 g/mol. The molecule has 1 aromatic heterocycles. The molecule has 0 radical (unpaired) electrons. The van der Waals surface area contributed by atoms with Crippen LogP contribution in [-0.4, -0.2) is 29.4 Å². The first kappa shape index (κ1) is 12.9. The molecule has 2 fully saturated rings. The van der Waals surface area contributed by atoms with Crippen LogP contribution < -0.4 is 10.2 Å². The van der Waals surface area contributed by atoms with Crippen molar-refractivity contribution in [2.24, 2.45) is 0 Å². The standard InChI is InChI=1S/C14H20BNO3/c1-13(2)14(3,4)19-15(18-13)10-5-8-12(16-9-10)17-11-6-7-11/h5,8-9,11H,6-7H2,1-4H3. The second-order valence-corrected chi connectivity index (χ2v) is 6.34. The second-order valence-electron chi connectivity index (χ2n) is 6.34. The van der Waals surface area contributed by atoms with Gasteiger partial charge in [0.2, 0.25) is 5.88 Å². The van der Waals surface area contributed by atoms with E-state index in [1.54, 1.807) is 6.20 Å². The summed E-state index contributed by atoms with van der Waals surface area (Å²) in [5, 5.41) is 0. The summed E-state index contributed by atoms with van der Waals surface area (Å²) in [6, 6.07) is 3.85. The summed E-state index contributed by atoms with van der Waals surface area (Å²) < 4.78 is 17.6. The minimum atomic E-state index is -0.354. The molecule has 0 unspecified atom stereocenters.